The van der Waals surface area contributed by atoms with Crippen LogP contribution in [0.15, 0.2) is 71.5 Å². The predicted octanol–water partition coefficient (Wildman–Crippen LogP) is 4.41. The lowest BCUT2D eigenvalue weighted by Crippen LogP contribution is -2.22. The minimum Gasteiger partial charge on any atom is -0.494 e. The van der Waals surface area contributed by atoms with Crippen LogP contribution in [0.3, 0.4) is 0 Å². The van der Waals surface area contributed by atoms with Crippen molar-refractivity contribution < 1.29 is 13.9 Å². The number of amides is 1. The highest BCUT2D eigenvalue weighted by Crippen LogP contribution is 2.18. The minimum atomic E-state index is -0.384. The van der Waals surface area contributed by atoms with Crippen molar-refractivity contribution >= 4 is 22.5 Å². The molecule has 0 saturated carbocycles. The lowest BCUT2D eigenvalue weighted by Gasteiger charge is -2.12. The highest BCUT2D eigenvalue weighted by molar-refractivity contribution is 5.94. The van der Waals surface area contributed by atoms with Crippen LogP contribution in [0, 0.1) is 12.7 Å². The van der Waals surface area contributed by atoms with E-state index < -0.39 is 0 Å². The van der Waals surface area contributed by atoms with Crippen LogP contribution in [0.1, 0.15) is 18.3 Å². The summed E-state index contributed by atoms with van der Waals surface area (Å²) in [5.74, 6) is 0.658. The zero-order chi connectivity index (χ0) is 22.7. The summed E-state index contributed by atoms with van der Waals surface area (Å²) in [6.45, 7) is 4.21. The van der Waals surface area contributed by atoms with Gasteiger partial charge in [-0.2, -0.15) is 0 Å². The number of nitrogens with one attached hydrogen (secondary N) is 1. The van der Waals surface area contributed by atoms with Gasteiger partial charge in [-0.05, 0) is 74.0 Å². The monoisotopic (exact) mass is 431 g/mol. The Morgan fingerprint density at radius 3 is 2.47 bits per heavy atom. The fraction of sp³-hybridized carbons (Fsp3) is 0.160. The van der Waals surface area contributed by atoms with Gasteiger partial charge in [-0.3, -0.25) is 14.2 Å². The summed E-state index contributed by atoms with van der Waals surface area (Å²) in [6, 6.07) is 18.0. The molecule has 32 heavy (non-hydrogen) atoms. The molecule has 6 nitrogen and oxygen atoms in total. The van der Waals surface area contributed by atoms with Gasteiger partial charge >= 0.3 is 0 Å². The Labute approximate surface area is 184 Å². The van der Waals surface area contributed by atoms with Crippen LogP contribution in [0.25, 0.3) is 16.6 Å². The van der Waals surface area contributed by atoms with Crippen molar-refractivity contribution in [3.8, 4) is 11.4 Å². The Morgan fingerprint density at radius 1 is 1.06 bits per heavy atom. The van der Waals surface area contributed by atoms with Crippen molar-refractivity contribution in [2.45, 2.75) is 20.3 Å². The maximum atomic E-state index is 13.3. The second-order valence-corrected chi connectivity index (χ2v) is 7.31. The molecule has 0 aliphatic heterocycles. The average Bonchev–Trinajstić information content (AvgIpc) is 2.77. The number of aromatic nitrogens is 2. The first kappa shape index (κ1) is 21.2. The molecule has 1 N–H and O–H groups in total. The largest absolute Gasteiger partial charge is 0.494 e. The highest BCUT2D eigenvalue weighted by atomic mass is 19.1. The number of halogens is 1. The van der Waals surface area contributed by atoms with Gasteiger partial charge in [0.05, 0.1) is 29.6 Å². The van der Waals surface area contributed by atoms with Gasteiger partial charge in [0, 0.05) is 5.69 Å². The second-order valence-electron chi connectivity index (χ2n) is 7.31. The summed E-state index contributed by atoms with van der Waals surface area (Å²) in [5, 5.41) is 3.20. The number of aryl methyl sites for hydroxylation is 1. The maximum Gasteiger partial charge on any atom is 0.266 e. The van der Waals surface area contributed by atoms with Gasteiger partial charge in [0.1, 0.15) is 17.4 Å². The number of benzene rings is 3. The number of rotatable bonds is 6. The number of ether oxygens (including phenoxy) is 1. The fourth-order valence-electron chi connectivity index (χ4n) is 3.53. The molecule has 0 spiro atoms. The summed E-state index contributed by atoms with van der Waals surface area (Å²) >= 11 is 0. The molecule has 0 radical (unpaired) electrons. The lowest BCUT2D eigenvalue weighted by molar-refractivity contribution is -0.115. The van der Waals surface area contributed by atoms with E-state index in [9.17, 15) is 14.0 Å². The molecule has 0 fully saturated rings. The normalized spacial score (nSPS) is 10.8. The van der Waals surface area contributed by atoms with Crippen LogP contribution < -0.4 is 15.6 Å². The lowest BCUT2D eigenvalue weighted by atomic mass is 10.1. The van der Waals surface area contributed by atoms with E-state index in [2.05, 4.69) is 10.3 Å². The van der Waals surface area contributed by atoms with Gasteiger partial charge in [0.15, 0.2) is 0 Å². The first-order valence-corrected chi connectivity index (χ1v) is 10.3. The van der Waals surface area contributed by atoms with Crippen LogP contribution in [0.4, 0.5) is 10.1 Å². The van der Waals surface area contributed by atoms with Crippen LogP contribution in [0.2, 0.25) is 0 Å². The molecule has 162 valence electrons. The SMILES string of the molecule is CCOc1ccc(CC(=O)Nc2ccc3nc(C)n(-c4ccc(F)cc4)c(=O)c3c2)cc1. The van der Waals surface area contributed by atoms with E-state index in [1.54, 1.807) is 25.1 Å². The van der Waals surface area contributed by atoms with Crippen molar-refractivity contribution in [2.75, 3.05) is 11.9 Å². The second kappa shape index (κ2) is 9.01. The van der Waals surface area contributed by atoms with E-state index in [-0.39, 0.29) is 23.7 Å². The summed E-state index contributed by atoms with van der Waals surface area (Å²) in [5.41, 5.74) is 2.11. The van der Waals surface area contributed by atoms with E-state index >= 15 is 0 Å². The van der Waals surface area contributed by atoms with E-state index in [0.717, 1.165) is 11.3 Å². The Kier molecular flexibility index (Phi) is 5.98. The van der Waals surface area contributed by atoms with Crippen molar-refractivity contribution in [1.82, 2.24) is 9.55 Å². The van der Waals surface area contributed by atoms with Gasteiger partial charge in [-0.25, -0.2) is 9.37 Å². The van der Waals surface area contributed by atoms with Crippen molar-refractivity contribution in [2.24, 2.45) is 0 Å². The standard InChI is InChI=1S/C25H22FN3O3/c1-3-32-21-11-4-17(5-12-21)14-24(30)28-19-8-13-23-22(15-19)25(31)29(16(2)27-23)20-9-6-18(26)7-10-20/h4-13,15H,3,14H2,1-2H3,(H,28,30). The van der Waals surface area contributed by atoms with Crippen LogP contribution in [-0.4, -0.2) is 22.1 Å². The van der Waals surface area contributed by atoms with Crippen LogP contribution >= 0.6 is 0 Å². The Morgan fingerprint density at radius 2 is 1.78 bits per heavy atom. The molecular formula is C25H22FN3O3. The van der Waals surface area contributed by atoms with E-state index in [4.69, 9.17) is 4.74 Å². The Bertz CT molecular complexity index is 1330. The van der Waals surface area contributed by atoms with Gasteiger partial charge < -0.3 is 10.1 Å². The summed E-state index contributed by atoms with van der Waals surface area (Å²) in [6.07, 6.45) is 0.191. The molecule has 1 amide bonds. The molecule has 7 heteroatoms. The first-order valence-electron chi connectivity index (χ1n) is 10.3. The zero-order valence-corrected chi connectivity index (χ0v) is 17.8. The number of carbonyl (C=O) groups excluding carboxylic acids is 1. The summed E-state index contributed by atoms with van der Waals surface area (Å²) < 4.78 is 20.1. The third kappa shape index (κ3) is 4.51. The van der Waals surface area contributed by atoms with Crippen LogP contribution in [0.5, 0.6) is 5.75 Å². The first-order chi connectivity index (χ1) is 15.4. The Balaban J connectivity index is 1.59. The third-order valence-corrected chi connectivity index (χ3v) is 5.00. The molecule has 0 unspecified atom stereocenters. The van der Waals surface area contributed by atoms with Crippen molar-refractivity contribution in [1.29, 1.82) is 0 Å². The summed E-state index contributed by atoms with van der Waals surface area (Å²) in [4.78, 5) is 30.2. The molecule has 3 aromatic carbocycles. The molecule has 0 aliphatic rings. The molecule has 0 saturated heterocycles. The van der Waals surface area contributed by atoms with Crippen LogP contribution in [-0.2, 0) is 11.2 Å². The van der Waals surface area contributed by atoms with Crippen molar-refractivity contribution in [3.63, 3.8) is 0 Å². The van der Waals surface area contributed by atoms with Gasteiger partial charge in [-0.15, -0.1) is 0 Å². The number of hydrogen-bond acceptors (Lipinski definition) is 4. The van der Waals surface area contributed by atoms with E-state index in [1.807, 2.05) is 31.2 Å². The van der Waals surface area contributed by atoms with E-state index in [1.165, 1.54) is 28.8 Å². The molecule has 4 aromatic rings. The molecular weight excluding hydrogens is 409 g/mol. The molecule has 1 aromatic heterocycles. The third-order valence-electron chi connectivity index (χ3n) is 5.00. The molecule has 0 aliphatic carbocycles. The number of fused-ring (bicyclic) bond motifs is 1. The number of nitrogens with zero attached hydrogens (tertiary/aromatic N) is 2. The maximum absolute atomic E-state index is 13.3. The van der Waals surface area contributed by atoms with Gasteiger partial charge in [0.25, 0.3) is 5.56 Å². The molecule has 0 bridgehead atoms. The minimum absolute atomic E-state index is 0.191. The van der Waals surface area contributed by atoms with Gasteiger partial charge in [0.2, 0.25) is 5.91 Å². The zero-order valence-electron chi connectivity index (χ0n) is 17.8. The topological polar surface area (TPSA) is 73.2 Å². The van der Waals surface area contributed by atoms with E-state index in [0.29, 0.717) is 34.7 Å². The number of carbonyl (C=O) groups is 1. The van der Waals surface area contributed by atoms with Gasteiger partial charge in [-0.1, -0.05) is 12.1 Å². The molecule has 0 atom stereocenters. The Hall–Kier alpha value is -4.00. The highest BCUT2D eigenvalue weighted by Gasteiger charge is 2.12. The predicted molar refractivity (Wildman–Crippen MR) is 122 cm³/mol. The summed E-state index contributed by atoms with van der Waals surface area (Å²) in [7, 11) is 0. The fourth-order valence-corrected chi connectivity index (χ4v) is 3.53. The molecule has 4 rings (SSSR count). The smallest absolute Gasteiger partial charge is 0.266 e. The molecule has 1 heterocycles. The quantitative estimate of drug-likeness (QED) is 0.491. The number of hydrogen-bond donors (Lipinski definition) is 1. The average molecular weight is 431 g/mol. The van der Waals surface area contributed by atoms with Crippen molar-refractivity contribution in [3.05, 3.63) is 94.3 Å². The number of anilines is 1.